The van der Waals surface area contributed by atoms with E-state index in [1.54, 1.807) is 0 Å². The predicted octanol–water partition coefficient (Wildman–Crippen LogP) is 2.67. The van der Waals surface area contributed by atoms with E-state index in [-0.39, 0.29) is 5.41 Å². The van der Waals surface area contributed by atoms with E-state index >= 15 is 0 Å². The van der Waals surface area contributed by atoms with Gasteiger partial charge in [-0.25, -0.2) is 4.74 Å². The lowest BCUT2D eigenvalue weighted by atomic mass is 9.59. The Kier molecular flexibility index (Phi) is 2.30. The average Bonchev–Trinajstić information content (AvgIpc) is 2.71. The van der Waals surface area contributed by atoms with E-state index in [0.717, 1.165) is 31.4 Å². The van der Waals surface area contributed by atoms with E-state index in [0.29, 0.717) is 18.4 Å². The molecule has 0 bridgehead atoms. The van der Waals surface area contributed by atoms with Crippen molar-refractivity contribution < 1.29 is 4.74 Å². The van der Waals surface area contributed by atoms with Gasteiger partial charge in [0.05, 0.1) is 5.41 Å². The molecule has 1 fully saturated rings. The SMILES string of the molecule is C[C@H]1CC2=[N+]([O-])CCC[C@]23c2cccnc2C[C@@H]3C1. The fourth-order valence-corrected chi connectivity index (χ4v) is 4.84. The minimum absolute atomic E-state index is 0.0378. The van der Waals surface area contributed by atoms with Gasteiger partial charge in [0, 0.05) is 24.7 Å². The molecule has 19 heavy (non-hydrogen) atoms. The Bertz CT molecular complexity index is 566. The first kappa shape index (κ1) is 11.4. The molecule has 3 aliphatic rings. The maximum Gasteiger partial charge on any atom is 0.174 e. The minimum Gasteiger partial charge on any atom is -0.624 e. The molecule has 1 aromatic rings. The molecule has 0 N–H and O–H groups in total. The molecule has 0 unspecified atom stereocenters. The number of pyridine rings is 1. The molecule has 0 aromatic carbocycles. The van der Waals surface area contributed by atoms with Crippen molar-refractivity contribution in [3.05, 3.63) is 34.8 Å². The van der Waals surface area contributed by atoms with Crippen molar-refractivity contribution in [2.75, 3.05) is 6.54 Å². The number of fused-ring (bicyclic) bond motifs is 1. The van der Waals surface area contributed by atoms with E-state index in [1.165, 1.54) is 22.4 Å². The summed E-state index contributed by atoms with van der Waals surface area (Å²) in [5.41, 5.74) is 3.81. The molecule has 0 saturated heterocycles. The predicted molar refractivity (Wildman–Crippen MR) is 74.2 cm³/mol. The summed E-state index contributed by atoms with van der Waals surface area (Å²) < 4.78 is 1.31. The van der Waals surface area contributed by atoms with Gasteiger partial charge >= 0.3 is 0 Å². The van der Waals surface area contributed by atoms with Gasteiger partial charge in [-0.05, 0) is 42.7 Å². The zero-order valence-electron chi connectivity index (χ0n) is 11.4. The van der Waals surface area contributed by atoms with Crippen LogP contribution >= 0.6 is 0 Å². The second-order valence-corrected chi connectivity index (χ2v) is 6.57. The Morgan fingerprint density at radius 3 is 3.21 bits per heavy atom. The van der Waals surface area contributed by atoms with Crippen LogP contribution in [0.5, 0.6) is 0 Å². The number of hydroxylamine groups is 1. The second kappa shape index (κ2) is 3.81. The summed E-state index contributed by atoms with van der Waals surface area (Å²) >= 11 is 0. The number of hydrogen-bond acceptors (Lipinski definition) is 2. The van der Waals surface area contributed by atoms with Gasteiger partial charge in [-0.15, -0.1) is 0 Å². The summed E-state index contributed by atoms with van der Waals surface area (Å²) in [6.07, 6.45) is 7.36. The van der Waals surface area contributed by atoms with Gasteiger partial charge in [0.25, 0.3) is 0 Å². The number of hydrogen-bond donors (Lipinski definition) is 0. The summed E-state index contributed by atoms with van der Waals surface area (Å²) in [5.74, 6) is 1.24. The lowest BCUT2D eigenvalue weighted by Crippen LogP contribution is -2.51. The standard InChI is InChI=1S/C16H20N2O/c1-11-8-12-10-14-13(4-2-6-17-14)16(12)5-3-7-18(19)15(16)9-11/h2,4,6,11-12H,3,5,7-10H2,1H3/t11-,12+,16+/m1/s1. The van der Waals surface area contributed by atoms with Crippen molar-refractivity contribution in [2.24, 2.45) is 11.8 Å². The molecule has 0 amide bonds. The lowest BCUT2D eigenvalue weighted by molar-refractivity contribution is -0.470. The highest BCUT2D eigenvalue weighted by Gasteiger charge is 2.57. The van der Waals surface area contributed by atoms with E-state index in [9.17, 15) is 5.21 Å². The Morgan fingerprint density at radius 1 is 1.42 bits per heavy atom. The van der Waals surface area contributed by atoms with Crippen LogP contribution in [0.3, 0.4) is 0 Å². The van der Waals surface area contributed by atoms with Gasteiger partial charge < -0.3 is 5.21 Å². The smallest absolute Gasteiger partial charge is 0.174 e. The third kappa shape index (κ3) is 1.39. The molecule has 4 rings (SSSR count). The first-order valence-electron chi connectivity index (χ1n) is 7.47. The summed E-state index contributed by atoms with van der Waals surface area (Å²) in [5, 5.41) is 12.4. The lowest BCUT2D eigenvalue weighted by Gasteiger charge is -2.44. The van der Waals surface area contributed by atoms with Crippen LogP contribution in [0.2, 0.25) is 0 Å². The average molecular weight is 256 g/mol. The molecule has 3 heteroatoms. The van der Waals surface area contributed by atoms with Crippen LogP contribution in [-0.4, -0.2) is 22.0 Å². The summed E-state index contributed by atoms with van der Waals surface area (Å²) in [6.45, 7) is 2.97. The van der Waals surface area contributed by atoms with E-state index < -0.39 is 0 Å². The van der Waals surface area contributed by atoms with Gasteiger partial charge in [-0.2, -0.15) is 0 Å². The van der Waals surface area contributed by atoms with Crippen LogP contribution < -0.4 is 0 Å². The van der Waals surface area contributed by atoms with E-state index in [1.807, 2.05) is 12.3 Å². The Morgan fingerprint density at radius 2 is 2.32 bits per heavy atom. The fraction of sp³-hybridized carbons (Fsp3) is 0.625. The molecule has 1 spiro atoms. The Labute approximate surface area is 114 Å². The largest absolute Gasteiger partial charge is 0.624 e. The monoisotopic (exact) mass is 256 g/mol. The van der Waals surface area contributed by atoms with Crippen LogP contribution in [0.1, 0.15) is 43.9 Å². The van der Waals surface area contributed by atoms with Crippen LogP contribution in [0.15, 0.2) is 18.3 Å². The molecule has 2 heterocycles. The van der Waals surface area contributed by atoms with Crippen molar-refractivity contribution in [3.63, 3.8) is 0 Å². The molecular weight excluding hydrogens is 236 g/mol. The van der Waals surface area contributed by atoms with Gasteiger partial charge in [-0.3, -0.25) is 4.98 Å². The van der Waals surface area contributed by atoms with Crippen molar-refractivity contribution in [3.8, 4) is 0 Å². The van der Waals surface area contributed by atoms with Crippen molar-refractivity contribution in [2.45, 2.75) is 44.4 Å². The summed E-state index contributed by atoms with van der Waals surface area (Å²) in [7, 11) is 0. The quantitative estimate of drug-likeness (QED) is 0.529. The first-order valence-corrected chi connectivity index (χ1v) is 7.47. The van der Waals surface area contributed by atoms with Crippen LogP contribution in [0.4, 0.5) is 0 Å². The van der Waals surface area contributed by atoms with Crippen molar-refractivity contribution in [1.82, 2.24) is 4.98 Å². The highest BCUT2D eigenvalue weighted by molar-refractivity contribution is 5.94. The topological polar surface area (TPSA) is 39.0 Å². The Balaban J connectivity index is 1.96. The van der Waals surface area contributed by atoms with Gasteiger partial charge in [0.1, 0.15) is 0 Å². The molecule has 0 radical (unpaired) electrons. The maximum atomic E-state index is 12.4. The fourth-order valence-electron chi connectivity index (χ4n) is 4.84. The first-order chi connectivity index (χ1) is 9.22. The number of aromatic nitrogens is 1. The molecule has 1 saturated carbocycles. The third-order valence-electron chi connectivity index (χ3n) is 5.48. The van der Waals surface area contributed by atoms with Gasteiger partial charge in [0.2, 0.25) is 0 Å². The minimum atomic E-state index is 0.0378. The molecule has 1 aliphatic heterocycles. The maximum absolute atomic E-state index is 12.4. The zero-order chi connectivity index (χ0) is 13.0. The van der Waals surface area contributed by atoms with Crippen molar-refractivity contribution >= 4 is 5.71 Å². The highest BCUT2D eigenvalue weighted by Crippen LogP contribution is 2.54. The van der Waals surface area contributed by atoms with E-state index in [4.69, 9.17) is 0 Å². The molecule has 3 atom stereocenters. The molecule has 1 aromatic heterocycles. The summed E-state index contributed by atoms with van der Waals surface area (Å²) in [6, 6.07) is 4.26. The van der Waals surface area contributed by atoms with Gasteiger partial charge in [0.15, 0.2) is 12.3 Å². The molecule has 3 nitrogen and oxygen atoms in total. The van der Waals surface area contributed by atoms with E-state index in [2.05, 4.69) is 18.0 Å². The molecule has 2 aliphatic carbocycles. The van der Waals surface area contributed by atoms with Gasteiger partial charge in [-0.1, -0.05) is 13.0 Å². The summed E-state index contributed by atoms with van der Waals surface area (Å²) in [4.78, 5) is 4.59. The van der Waals surface area contributed by atoms with Crippen LogP contribution in [-0.2, 0) is 11.8 Å². The third-order valence-corrected chi connectivity index (χ3v) is 5.48. The second-order valence-electron chi connectivity index (χ2n) is 6.57. The van der Waals surface area contributed by atoms with Crippen molar-refractivity contribution in [1.29, 1.82) is 0 Å². The number of nitrogens with zero attached hydrogens (tertiary/aromatic N) is 2. The van der Waals surface area contributed by atoms with Crippen LogP contribution in [0, 0.1) is 17.0 Å². The highest BCUT2D eigenvalue weighted by atomic mass is 16.5. The molecule has 100 valence electrons. The zero-order valence-corrected chi connectivity index (χ0v) is 11.4. The number of rotatable bonds is 0. The van der Waals surface area contributed by atoms with Crippen LogP contribution in [0.25, 0.3) is 0 Å². The molecular formula is C16H20N2O. The normalized spacial score (nSPS) is 36.7. The Hall–Kier alpha value is -1.38.